The number of hydrogen-bond donors (Lipinski definition) is 3. The van der Waals surface area contributed by atoms with Crippen molar-refractivity contribution in [3.05, 3.63) is 90.0 Å². The number of benzene rings is 3. The predicted octanol–water partition coefficient (Wildman–Crippen LogP) is 4.97. The summed E-state index contributed by atoms with van der Waals surface area (Å²) in [5.41, 5.74) is 2.16. The van der Waals surface area contributed by atoms with Crippen molar-refractivity contribution in [3.63, 3.8) is 0 Å². The second-order valence-corrected chi connectivity index (χ2v) is 8.38. The van der Waals surface area contributed by atoms with E-state index in [1.54, 1.807) is 48.5 Å². The van der Waals surface area contributed by atoms with Gasteiger partial charge in [0.25, 0.3) is 0 Å². The topological polar surface area (TPSA) is 103 Å². The van der Waals surface area contributed by atoms with Gasteiger partial charge in [0, 0.05) is 17.7 Å². The number of carbonyl (C=O) groups is 2. The van der Waals surface area contributed by atoms with Crippen molar-refractivity contribution in [1.82, 2.24) is 0 Å². The van der Waals surface area contributed by atoms with Crippen molar-refractivity contribution in [3.8, 4) is 11.5 Å². The van der Waals surface area contributed by atoms with Crippen molar-refractivity contribution in [2.45, 2.75) is 25.6 Å². The first-order chi connectivity index (χ1) is 18.0. The lowest BCUT2D eigenvalue weighted by Gasteiger charge is -2.29. The molecule has 3 aromatic rings. The zero-order valence-electron chi connectivity index (χ0n) is 20.5. The molecule has 0 heterocycles. The van der Waals surface area contributed by atoms with Gasteiger partial charge >= 0.3 is 12.1 Å². The minimum atomic E-state index is -0.949. The Morgan fingerprint density at radius 2 is 1.65 bits per heavy atom. The molecule has 3 aromatic carbocycles. The molecular weight excluding hydrogens is 494 g/mol. The van der Waals surface area contributed by atoms with Crippen LogP contribution in [0.3, 0.4) is 0 Å². The van der Waals surface area contributed by atoms with Gasteiger partial charge in [-0.1, -0.05) is 54.1 Å². The van der Waals surface area contributed by atoms with Crippen LogP contribution >= 0.6 is 12.6 Å². The molecule has 0 spiro atoms. The summed E-state index contributed by atoms with van der Waals surface area (Å²) in [6.45, 7) is 1.85. The molecule has 8 nitrogen and oxygen atoms in total. The van der Waals surface area contributed by atoms with Gasteiger partial charge in [0.05, 0.1) is 19.0 Å². The van der Waals surface area contributed by atoms with Crippen LogP contribution in [-0.2, 0) is 14.3 Å². The lowest BCUT2D eigenvalue weighted by atomic mass is 10.0. The number of carbonyl (C=O) groups excluding carboxylic acids is 2. The predicted molar refractivity (Wildman–Crippen MR) is 143 cm³/mol. The SMILES string of the molecule is Cc1ccc(NC(=O)O[C@H](c2ccccc2OCCO)[C@@H](CCOC(=O)CS)Oc2ccccc2)cc1. The lowest BCUT2D eigenvalue weighted by molar-refractivity contribution is -0.141. The largest absolute Gasteiger partial charge is 0.491 e. The number of nitrogens with one attached hydrogen (secondary N) is 1. The molecule has 0 aliphatic carbocycles. The Balaban J connectivity index is 1.93. The fourth-order valence-electron chi connectivity index (χ4n) is 3.52. The number of para-hydroxylation sites is 2. The zero-order chi connectivity index (χ0) is 26.5. The fraction of sp³-hybridized carbons (Fsp3) is 0.286. The van der Waals surface area contributed by atoms with E-state index in [9.17, 15) is 14.7 Å². The monoisotopic (exact) mass is 525 g/mol. The van der Waals surface area contributed by atoms with Gasteiger partial charge in [-0.3, -0.25) is 10.1 Å². The van der Waals surface area contributed by atoms with E-state index < -0.39 is 24.3 Å². The number of anilines is 1. The van der Waals surface area contributed by atoms with E-state index in [1.165, 1.54) is 0 Å². The third-order valence-corrected chi connectivity index (χ3v) is 5.53. The van der Waals surface area contributed by atoms with Gasteiger partial charge in [0.15, 0.2) is 6.10 Å². The first kappa shape index (κ1) is 27.9. The number of aliphatic hydroxyl groups excluding tert-OH is 1. The normalized spacial score (nSPS) is 12.2. The maximum atomic E-state index is 13.0. The Hall–Kier alpha value is -3.69. The Morgan fingerprint density at radius 1 is 0.946 bits per heavy atom. The van der Waals surface area contributed by atoms with Crippen molar-refractivity contribution in [2.75, 3.05) is 30.9 Å². The minimum Gasteiger partial charge on any atom is -0.491 e. The molecule has 0 aliphatic heterocycles. The number of ether oxygens (including phenoxy) is 4. The van der Waals surface area contributed by atoms with Crippen molar-refractivity contribution in [1.29, 1.82) is 0 Å². The molecule has 0 fully saturated rings. The lowest BCUT2D eigenvalue weighted by Crippen LogP contribution is -2.32. The highest BCUT2D eigenvalue weighted by atomic mass is 32.1. The Labute approximate surface area is 221 Å². The Kier molecular flexibility index (Phi) is 11.1. The summed E-state index contributed by atoms with van der Waals surface area (Å²) in [6.07, 6.45) is -2.18. The van der Waals surface area contributed by atoms with E-state index in [4.69, 9.17) is 18.9 Å². The minimum absolute atomic E-state index is 0.0238. The van der Waals surface area contributed by atoms with Crippen molar-refractivity contribution < 1.29 is 33.6 Å². The highest BCUT2D eigenvalue weighted by Gasteiger charge is 2.32. The first-order valence-electron chi connectivity index (χ1n) is 11.8. The van der Waals surface area contributed by atoms with Crippen LogP contribution in [0.2, 0.25) is 0 Å². The zero-order valence-corrected chi connectivity index (χ0v) is 21.4. The van der Waals surface area contributed by atoms with E-state index in [1.807, 2.05) is 37.3 Å². The quantitative estimate of drug-likeness (QED) is 0.214. The van der Waals surface area contributed by atoms with E-state index in [0.717, 1.165) is 5.56 Å². The highest BCUT2D eigenvalue weighted by molar-refractivity contribution is 7.81. The summed E-state index contributed by atoms with van der Waals surface area (Å²) >= 11 is 3.94. The van der Waals surface area contributed by atoms with Crippen LogP contribution in [0.5, 0.6) is 11.5 Å². The molecular formula is C28H31NO7S. The number of thiol groups is 1. The van der Waals surface area contributed by atoms with Gasteiger partial charge in [0.1, 0.15) is 24.2 Å². The summed E-state index contributed by atoms with van der Waals surface area (Å²) in [4.78, 5) is 24.7. The molecule has 0 saturated carbocycles. The van der Waals surface area contributed by atoms with Crippen LogP contribution in [0.1, 0.15) is 23.7 Å². The third kappa shape index (κ3) is 9.04. The first-order valence-corrected chi connectivity index (χ1v) is 12.5. The summed E-state index contributed by atoms with van der Waals surface area (Å²) in [5.74, 6) is 0.456. The van der Waals surface area contributed by atoms with Crippen molar-refractivity contribution >= 4 is 30.4 Å². The molecule has 1 amide bonds. The fourth-order valence-corrected chi connectivity index (χ4v) is 3.61. The molecule has 0 radical (unpaired) electrons. The summed E-state index contributed by atoms with van der Waals surface area (Å²) in [7, 11) is 0. The molecule has 3 rings (SSSR count). The molecule has 0 bridgehead atoms. The van der Waals surface area contributed by atoms with E-state index in [2.05, 4.69) is 17.9 Å². The second-order valence-electron chi connectivity index (χ2n) is 8.06. The van der Waals surface area contributed by atoms with Crippen LogP contribution in [0.25, 0.3) is 0 Å². The van der Waals surface area contributed by atoms with Crippen LogP contribution in [0, 0.1) is 6.92 Å². The number of amides is 1. The molecule has 2 atom stereocenters. The number of aliphatic hydroxyl groups is 1. The number of esters is 1. The van der Waals surface area contributed by atoms with Crippen LogP contribution in [0.4, 0.5) is 10.5 Å². The van der Waals surface area contributed by atoms with Gasteiger partial charge in [-0.2, -0.15) is 12.6 Å². The molecule has 9 heteroatoms. The highest BCUT2D eigenvalue weighted by Crippen LogP contribution is 2.34. The van der Waals surface area contributed by atoms with Crippen molar-refractivity contribution in [2.24, 2.45) is 0 Å². The number of rotatable bonds is 13. The molecule has 0 saturated heterocycles. The standard InChI is InChI=1S/C28H31NO7S/c1-20-11-13-21(14-12-20)29-28(32)36-27(23-9-5-6-10-24(23)33-18-16-30)25(15-17-34-26(31)19-37)35-22-7-3-2-4-8-22/h2-14,25,27,30,37H,15-19H2,1H3,(H,29,32)/t25-,27-/m1/s1. The molecule has 0 aromatic heterocycles. The summed E-state index contributed by atoms with van der Waals surface area (Å²) in [5, 5.41) is 12.0. The van der Waals surface area contributed by atoms with Gasteiger partial charge in [0.2, 0.25) is 0 Å². The Bertz CT molecular complexity index is 1120. The molecule has 0 unspecified atom stereocenters. The number of hydrogen-bond acceptors (Lipinski definition) is 8. The van der Waals surface area contributed by atoms with Crippen LogP contribution in [-0.4, -0.2) is 48.8 Å². The average molecular weight is 526 g/mol. The summed E-state index contributed by atoms with van der Waals surface area (Å²) in [6, 6.07) is 23.4. The van der Waals surface area contributed by atoms with Crippen LogP contribution in [0.15, 0.2) is 78.9 Å². The maximum absolute atomic E-state index is 13.0. The van der Waals surface area contributed by atoms with Gasteiger partial charge < -0.3 is 24.1 Å². The van der Waals surface area contributed by atoms with Crippen LogP contribution < -0.4 is 14.8 Å². The van der Waals surface area contributed by atoms with Gasteiger partial charge in [-0.05, 0) is 37.3 Å². The van der Waals surface area contributed by atoms with E-state index in [-0.39, 0.29) is 32.0 Å². The molecule has 37 heavy (non-hydrogen) atoms. The van der Waals surface area contributed by atoms with E-state index >= 15 is 0 Å². The van der Waals surface area contributed by atoms with Gasteiger partial charge in [-0.25, -0.2) is 4.79 Å². The van der Waals surface area contributed by atoms with Gasteiger partial charge in [-0.15, -0.1) is 0 Å². The Morgan fingerprint density at radius 3 is 2.35 bits per heavy atom. The van der Waals surface area contributed by atoms with E-state index in [0.29, 0.717) is 22.7 Å². The molecule has 196 valence electrons. The average Bonchev–Trinajstić information content (AvgIpc) is 2.92. The number of aryl methyl sites for hydroxylation is 1. The maximum Gasteiger partial charge on any atom is 0.412 e. The molecule has 0 aliphatic rings. The smallest absolute Gasteiger partial charge is 0.412 e. The third-order valence-electron chi connectivity index (χ3n) is 5.27. The second kappa shape index (κ2) is 14.8. The summed E-state index contributed by atoms with van der Waals surface area (Å²) < 4.78 is 23.2. The molecule has 2 N–H and O–H groups in total.